The van der Waals surface area contributed by atoms with Gasteiger partial charge < -0.3 is 9.67 Å². The van der Waals surface area contributed by atoms with Crippen LogP contribution in [0.3, 0.4) is 0 Å². The summed E-state index contributed by atoms with van der Waals surface area (Å²) in [5.74, 6) is 1.19. The summed E-state index contributed by atoms with van der Waals surface area (Å²) in [7, 11) is 0. The van der Waals surface area contributed by atoms with Crippen molar-refractivity contribution < 1.29 is 9.90 Å². The van der Waals surface area contributed by atoms with Crippen LogP contribution < -0.4 is 0 Å². The predicted molar refractivity (Wildman–Crippen MR) is 83.7 cm³/mol. The molecule has 0 aliphatic carbocycles. The lowest BCUT2D eigenvalue weighted by molar-refractivity contribution is 0.0699. The van der Waals surface area contributed by atoms with Crippen molar-refractivity contribution >= 4 is 28.8 Å². The number of benzene rings is 1. The first-order valence-electron chi connectivity index (χ1n) is 6.89. The Kier molecular flexibility index (Phi) is 5.06. The maximum atomic E-state index is 11.3. The second-order valence-corrected chi connectivity index (χ2v) is 5.74. The molecule has 1 aromatic heterocycles. The van der Waals surface area contributed by atoms with Crippen LogP contribution in [0.4, 0.5) is 0 Å². The van der Waals surface area contributed by atoms with Gasteiger partial charge in [-0.2, -0.15) is 11.8 Å². The molecule has 4 nitrogen and oxygen atoms in total. The number of hydrogen-bond donors (Lipinski definition) is 1. The molecule has 0 saturated heterocycles. The highest BCUT2D eigenvalue weighted by molar-refractivity contribution is 7.98. The van der Waals surface area contributed by atoms with Crippen LogP contribution in [0.25, 0.3) is 11.0 Å². The fraction of sp³-hybridized carbons (Fsp3) is 0.467. The van der Waals surface area contributed by atoms with Crippen molar-refractivity contribution in [3.63, 3.8) is 0 Å². The minimum atomic E-state index is -0.910. The summed E-state index contributed by atoms with van der Waals surface area (Å²) >= 11 is 1.83. The summed E-state index contributed by atoms with van der Waals surface area (Å²) in [5, 5.41) is 9.27. The van der Waals surface area contributed by atoms with E-state index in [0.29, 0.717) is 11.1 Å². The summed E-state index contributed by atoms with van der Waals surface area (Å²) in [5.41, 5.74) is 1.85. The molecule has 0 spiro atoms. The number of carboxylic acids is 1. The number of aromatic nitrogens is 2. The zero-order chi connectivity index (χ0) is 14.5. The number of para-hydroxylation sites is 1. The predicted octanol–water partition coefficient (Wildman–Crippen LogP) is 3.44. The van der Waals surface area contributed by atoms with Gasteiger partial charge in [0.05, 0.1) is 11.1 Å². The van der Waals surface area contributed by atoms with Crippen molar-refractivity contribution in [1.82, 2.24) is 9.55 Å². The van der Waals surface area contributed by atoms with E-state index in [9.17, 15) is 9.90 Å². The molecule has 0 aliphatic heterocycles. The number of aryl methyl sites for hydroxylation is 2. The molecular weight excluding hydrogens is 272 g/mol. The maximum absolute atomic E-state index is 11.3. The standard InChI is InChI=1S/C15H20N2O2S/c1-3-6-13-16-14-11(15(18)19)7-4-8-12(14)17(13)9-5-10-20-2/h4,7-8H,3,5-6,9-10H2,1-2H3,(H,18,19). The van der Waals surface area contributed by atoms with Gasteiger partial charge in [0.15, 0.2) is 0 Å². The van der Waals surface area contributed by atoms with Crippen LogP contribution in [-0.4, -0.2) is 32.6 Å². The molecule has 20 heavy (non-hydrogen) atoms. The van der Waals surface area contributed by atoms with E-state index in [1.807, 2.05) is 17.8 Å². The first-order chi connectivity index (χ1) is 9.69. The van der Waals surface area contributed by atoms with Gasteiger partial charge in [-0.25, -0.2) is 9.78 Å². The highest BCUT2D eigenvalue weighted by atomic mass is 32.2. The van der Waals surface area contributed by atoms with Gasteiger partial charge in [-0.05, 0) is 37.0 Å². The summed E-state index contributed by atoms with van der Waals surface area (Å²) in [6.45, 7) is 3.01. The summed E-state index contributed by atoms with van der Waals surface area (Å²) in [6, 6.07) is 5.39. The van der Waals surface area contributed by atoms with Crippen molar-refractivity contribution in [2.24, 2.45) is 0 Å². The molecular formula is C15H20N2O2S. The summed E-state index contributed by atoms with van der Waals surface area (Å²) in [4.78, 5) is 15.9. The molecule has 0 bridgehead atoms. The Balaban J connectivity index is 2.48. The van der Waals surface area contributed by atoms with E-state index in [2.05, 4.69) is 22.7 Å². The Morgan fingerprint density at radius 1 is 1.45 bits per heavy atom. The molecule has 0 unspecified atom stereocenters. The molecule has 108 valence electrons. The third kappa shape index (κ3) is 2.98. The molecule has 0 amide bonds. The lowest BCUT2D eigenvalue weighted by Crippen LogP contribution is -2.04. The van der Waals surface area contributed by atoms with Crippen molar-refractivity contribution in [3.8, 4) is 0 Å². The van der Waals surface area contributed by atoms with Crippen molar-refractivity contribution in [2.75, 3.05) is 12.0 Å². The van der Waals surface area contributed by atoms with Gasteiger partial charge >= 0.3 is 5.97 Å². The van der Waals surface area contributed by atoms with Gasteiger partial charge in [0, 0.05) is 13.0 Å². The van der Waals surface area contributed by atoms with Crippen LogP contribution in [0.15, 0.2) is 18.2 Å². The highest BCUT2D eigenvalue weighted by Gasteiger charge is 2.16. The minimum Gasteiger partial charge on any atom is -0.478 e. The number of nitrogens with zero attached hydrogens (tertiary/aromatic N) is 2. The van der Waals surface area contributed by atoms with Crippen LogP contribution in [0.5, 0.6) is 0 Å². The van der Waals surface area contributed by atoms with Gasteiger partial charge in [0.2, 0.25) is 0 Å². The fourth-order valence-corrected chi connectivity index (χ4v) is 2.82. The van der Waals surface area contributed by atoms with E-state index in [1.54, 1.807) is 12.1 Å². The number of aromatic carboxylic acids is 1. The van der Waals surface area contributed by atoms with Gasteiger partial charge in [0.1, 0.15) is 11.3 Å². The number of imidazole rings is 1. The van der Waals surface area contributed by atoms with Crippen molar-refractivity contribution in [3.05, 3.63) is 29.6 Å². The van der Waals surface area contributed by atoms with Gasteiger partial charge in [-0.3, -0.25) is 0 Å². The van der Waals surface area contributed by atoms with Crippen LogP contribution in [0.2, 0.25) is 0 Å². The Labute approximate surface area is 123 Å². The first kappa shape index (κ1) is 14.9. The summed E-state index contributed by atoms with van der Waals surface area (Å²) < 4.78 is 2.18. The topological polar surface area (TPSA) is 55.1 Å². The molecule has 5 heteroatoms. The Bertz CT molecular complexity index is 607. The summed E-state index contributed by atoms with van der Waals surface area (Å²) in [6.07, 6.45) is 5.06. The monoisotopic (exact) mass is 292 g/mol. The quantitative estimate of drug-likeness (QED) is 0.794. The lowest BCUT2D eigenvalue weighted by atomic mass is 10.2. The normalized spacial score (nSPS) is 11.1. The first-order valence-corrected chi connectivity index (χ1v) is 8.28. The number of rotatable bonds is 7. The van der Waals surface area contributed by atoms with E-state index in [-0.39, 0.29) is 0 Å². The largest absolute Gasteiger partial charge is 0.478 e. The zero-order valence-electron chi connectivity index (χ0n) is 11.9. The smallest absolute Gasteiger partial charge is 0.337 e. The van der Waals surface area contributed by atoms with Crippen molar-refractivity contribution in [2.45, 2.75) is 32.7 Å². The molecule has 0 radical (unpaired) electrons. The molecule has 1 heterocycles. The fourth-order valence-electron chi connectivity index (χ4n) is 2.40. The Morgan fingerprint density at radius 3 is 2.90 bits per heavy atom. The molecule has 0 aliphatic rings. The van der Waals surface area contributed by atoms with E-state index < -0.39 is 5.97 Å². The van der Waals surface area contributed by atoms with Crippen LogP contribution in [0, 0.1) is 0 Å². The van der Waals surface area contributed by atoms with Gasteiger partial charge in [-0.15, -0.1) is 0 Å². The van der Waals surface area contributed by atoms with Crippen LogP contribution in [-0.2, 0) is 13.0 Å². The molecule has 0 atom stereocenters. The van der Waals surface area contributed by atoms with Crippen LogP contribution in [0.1, 0.15) is 35.9 Å². The Morgan fingerprint density at radius 2 is 2.25 bits per heavy atom. The molecule has 1 N–H and O–H groups in total. The molecule has 0 fully saturated rings. The van der Waals surface area contributed by atoms with E-state index in [0.717, 1.165) is 42.9 Å². The van der Waals surface area contributed by atoms with E-state index >= 15 is 0 Å². The van der Waals surface area contributed by atoms with Crippen LogP contribution >= 0.6 is 11.8 Å². The molecule has 0 saturated carbocycles. The number of carbonyl (C=O) groups is 1. The van der Waals surface area contributed by atoms with Gasteiger partial charge in [-0.1, -0.05) is 13.0 Å². The third-order valence-corrected chi connectivity index (χ3v) is 3.99. The zero-order valence-corrected chi connectivity index (χ0v) is 12.7. The van der Waals surface area contributed by atoms with Gasteiger partial charge in [0.25, 0.3) is 0 Å². The SMILES string of the molecule is CCCc1nc2c(C(=O)O)cccc2n1CCCSC. The molecule has 1 aromatic carbocycles. The average molecular weight is 292 g/mol. The molecule has 2 rings (SSSR count). The number of carboxylic acid groups (broad SMARTS) is 1. The average Bonchev–Trinajstić information content (AvgIpc) is 2.77. The highest BCUT2D eigenvalue weighted by Crippen LogP contribution is 2.22. The molecule has 2 aromatic rings. The van der Waals surface area contributed by atoms with E-state index in [1.165, 1.54) is 0 Å². The second kappa shape index (κ2) is 6.79. The number of fused-ring (bicyclic) bond motifs is 1. The van der Waals surface area contributed by atoms with Crippen molar-refractivity contribution in [1.29, 1.82) is 0 Å². The Hall–Kier alpha value is -1.49. The van der Waals surface area contributed by atoms with E-state index in [4.69, 9.17) is 0 Å². The second-order valence-electron chi connectivity index (χ2n) is 4.75. The minimum absolute atomic E-state index is 0.295. The third-order valence-electron chi connectivity index (χ3n) is 3.29. The maximum Gasteiger partial charge on any atom is 0.337 e. The number of thioether (sulfide) groups is 1. The number of hydrogen-bond acceptors (Lipinski definition) is 3. The lowest BCUT2D eigenvalue weighted by Gasteiger charge is -2.08.